The normalized spacial score (nSPS) is 15.5. The number of fused-ring (bicyclic) bond motifs is 1. The maximum atomic E-state index is 13.6. The molecule has 2 amide bonds. The van der Waals surface area contributed by atoms with Crippen molar-refractivity contribution in [3.63, 3.8) is 0 Å². The van der Waals surface area contributed by atoms with Gasteiger partial charge >= 0.3 is 0 Å². The Bertz CT molecular complexity index is 1250. The summed E-state index contributed by atoms with van der Waals surface area (Å²) in [6.07, 6.45) is 2.46. The van der Waals surface area contributed by atoms with E-state index in [2.05, 4.69) is 22.6 Å². The summed E-state index contributed by atoms with van der Waals surface area (Å²) in [6, 6.07) is 20.1. The fourth-order valence-corrected chi connectivity index (χ4v) is 5.12. The van der Waals surface area contributed by atoms with Crippen molar-refractivity contribution in [1.82, 2.24) is 10.2 Å². The first kappa shape index (κ1) is 26.2. The Morgan fingerprint density at radius 3 is 2.35 bits per heavy atom. The third kappa shape index (κ3) is 6.30. The molecule has 0 fully saturated rings. The van der Waals surface area contributed by atoms with Gasteiger partial charge in [-0.15, -0.1) is 4.91 Å². The fourth-order valence-electron chi connectivity index (χ4n) is 5.12. The minimum atomic E-state index is -0.814. The molecule has 3 aromatic rings. The van der Waals surface area contributed by atoms with Gasteiger partial charge in [-0.05, 0) is 83.8 Å². The van der Waals surface area contributed by atoms with Crippen LogP contribution in [0, 0.1) is 18.8 Å². The molecule has 0 spiro atoms. The van der Waals surface area contributed by atoms with E-state index in [0.717, 1.165) is 40.7 Å². The summed E-state index contributed by atoms with van der Waals surface area (Å²) in [5.74, 6) is -0.410. The molecule has 0 aromatic heterocycles. The lowest BCUT2D eigenvalue weighted by Crippen LogP contribution is -2.56. The van der Waals surface area contributed by atoms with Crippen molar-refractivity contribution in [2.24, 2.45) is 10.9 Å². The summed E-state index contributed by atoms with van der Waals surface area (Å²) in [6.45, 7) is 4.65. The Hall–Kier alpha value is -3.84. The number of amides is 2. The number of carbonyl (C=O) groups is 2. The van der Waals surface area contributed by atoms with E-state index in [9.17, 15) is 14.5 Å². The minimum Gasteiger partial charge on any atom is -0.354 e. The van der Waals surface area contributed by atoms with Crippen LogP contribution >= 0.6 is 0 Å². The Labute approximate surface area is 218 Å². The first-order chi connectivity index (χ1) is 17.9. The maximum Gasteiger partial charge on any atom is 0.243 e. The number of carbonyl (C=O) groups excluding carboxylic acids is 2. The number of aryl methyl sites for hydroxylation is 3. The zero-order valence-corrected chi connectivity index (χ0v) is 21.4. The van der Waals surface area contributed by atoms with Crippen LogP contribution in [0.5, 0.6) is 0 Å². The number of nitrogens with one attached hydrogen (secondary N) is 1. The van der Waals surface area contributed by atoms with Crippen LogP contribution in [-0.4, -0.2) is 35.3 Å². The van der Waals surface area contributed by atoms with Gasteiger partial charge in [0.2, 0.25) is 11.8 Å². The lowest BCUT2D eigenvalue weighted by atomic mass is 9.91. The quantitative estimate of drug-likeness (QED) is 0.339. The summed E-state index contributed by atoms with van der Waals surface area (Å²) in [5.41, 5.74) is 12.8. The van der Waals surface area contributed by atoms with Gasteiger partial charge in [-0.2, -0.15) is 0 Å². The molecule has 2 atom stereocenters. The average molecular weight is 499 g/mol. The van der Waals surface area contributed by atoms with Crippen molar-refractivity contribution in [3.8, 4) is 0 Å². The van der Waals surface area contributed by atoms with Crippen molar-refractivity contribution in [2.45, 2.75) is 58.2 Å². The van der Waals surface area contributed by atoms with Gasteiger partial charge in [0, 0.05) is 19.5 Å². The van der Waals surface area contributed by atoms with Gasteiger partial charge in [0.15, 0.2) is 0 Å². The molecule has 4 rings (SSSR count). The van der Waals surface area contributed by atoms with Crippen molar-refractivity contribution < 1.29 is 9.59 Å². The van der Waals surface area contributed by atoms with E-state index in [1.165, 1.54) is 5.56 Å². The number of hydrogen-bond acceptors (Lipinski definition) is 5. The molecule has 3 N–H and O–H groups in total. The molecule has 7 heteroatoms. The van der Waals surface area contributed by atoms with E-state index in [0.29, 0.717) is 31.6 Å². The highest BCUT2D eigenvalue weighted by molar-refractivity contribution is 5.90. The Kier molecular flexibility index (Phi) is 8.46. The molecule has 1 aliphatic rings. The van der Waals surface area contributed by atoms with E-state index < -0.39 is 12.1 Å². The third-order valence-corrected chi connectivity index (χ3v) is 7.15. The first-order valence-electron chi connectivity index (χ1n) is 12.8. The van der Waals surface area contributed by atoms with E-state index in [4.69, 9.17) is 5.73 Å². The molecular weight excluding hydrogens is 464 g/mol. The fraction of sp³-hybridized carbons (Fsp3) is 0.333. The second kappa shape index (κ2) is 11.9. The molecule has 0 saturated heterocycles. The molecular formula is C30H34N4O3. The van der Waals surface area contributed by atoms with E-state index in [1.54, 1.807) is 17.0 Å². The average Bonchev–Trinajstić information content (AvgIpc) is 2.92. The van der Waals surface area contributed by atoms with Crippen molar-refractivity contribution >= 4 is 17.5 Å². The molecule has 0 saturated carbocycles. The maximum absolute atomic E-state index is 13.6. The third-order valence-electron chi connectivity index (χ3n) is 7.15. The summed E-state index contributed by atoms with van der Waals surface area (Å²) < 4.78 is 0. The molecule has 1 unspecified atom stereocenters. The molecule has 7 nitrogen and oxygen atoms in total. The highest BCUT2D eigenvalue weighted by Crippen LogP contribution is 2.26. The topological polar surface area (TPSA) is 105 Å². The first-order valence-corrected chi connectivity index (χ1v) is 12.8. The number of rotatable bonds is 9. The Morgan fingerprint density at radius 2 is 1.68 bits per heavy atom. The predicted octanol–water partition coefficient (Wildman–Crippen LogP) is 4.27. The summed E-state index contributed by atoms with van der Waals surface area (Å²) in [7, 11) is 0. The Morgan fingerprint density at radius 1 is 1.03 bits per heavy atom. The number of benzene rings is 3. The van der Waals surface area contributed by atoms with Crippen molar-refractivity contribution in [3.05, 3.63) is 105 Å². The molecule has 192 valence electrons. The summed E-state index contributed by atoms with van der Waals surface area (Å²) >= 11 is 0. The molecule has 0 bridgehead atoms. The molecule has 3 aromatic carbocycles. The second-order valence-corrected chi connectivity index (χ2v) is 9.79. The lowest BCUT2D eigenvalue weighted by Gasteiger charge is -2.37. The van der Waals surface area contributed by atoms with Gasteiger partial charge in [0.05, 0.1) is 6.04 Å². The standard InChI is InChI=1S/C30H34N4O3/c1-20-15-25(33-37)16-21(2)26(20)18-27(31)30(36)34-19-24-13-7-6-12-23(24)17-28(34)29(35)32-14-8-11-22-9-4-3-5-10-22/h3-7,9-10,12-13,15-16,27-28H,8,11,14,17-19,31H2,1-2H3,(H,32,35)/t27?,28-/m1/s1. The minimum absolute atomic E-state index is 0.156. The number of nitrogens with two attached hydrogens (primary N) is 1. The van der Waals surface area contributed by atoms with Crippen molar-refractivity contribution in [1.29, 1.82) is 0 Å². The van der Waals surface area contributed by atoms with Crippen molar-refractivity contribution in [2.75, 3.05) is 6.54 Å². The SMILES string of the molecule is Cc1cc(N=O)cc(C)c1CC(N)C(=O)N1Cc2ccccc2C[C@@H]1C(=O)NCCCc1ccccc1. The molecule has 0 radical (unpaired) electrons. The van der Waals surface area contributed by atoms with Gasteiger partial charge in [-0.3, -0.25) is 9.59 Å². The van der Waals surface area contributed by atoms with E-state index in [-0.39, 0.29) is 11.8 Å². The van der Waals surface area contributed by atoms with Crippen LogP contribution in [0.3, 0.4) is 0 Å². The van der Waals surface area contributed by atoms with Crippen LogP contribution in [-0.2, 0) is 35.4 Å². The van der Waals surface area contributed by atoms with Crippen LogP contribution in [0.1, 0.15) is 39.8 Å². The van der Waals surface area contributed by atoms with Crippen LogP contribution < -0.4 is 11.1 Å². The number of nitrogens with zero attached hydrogens (tertiary/aromatic N) is 2. The molecule has 1 heterocycles. The van der Waals surface area contributed by atoms with Gasteiger partial charge in [-0.1, -0.05) is 54.6 Å². The van der Waals surface area contributed by atoms with Gasteiger partial charge in [0.25, 0.3) is 0 Å². The molecule has 1 aliphatic heterocycles. The largest absolute Gasteiger partial charge is 0.354 e. The smallest absolute Gasteiger partial charge is 0.243 e. The summed E-state index contributed by atoms with van der Waals surface area (Å²) in [4.78, 5) is 39.5. The lowest BCUT2D eigenvalue weighted by molar-refractivity contribution is -0.142. The van der Waals surface area contributed by atoms with Crippen LogP contribution in [0.2, 0.25) is 0 Å². The van der Waals surface area contributed by atoms with E-state index >= 15 is 0 Å². The number of hydrogen-bond donors (Lipinski definition) is 2. The van der Waals surface area contributed by atoms with Gasteiger partial charge in [0.1, 0.15) is 11.7 Å². The van der Waals surface area contributed by atoms with Crippen LogP contribution in [0.15, 0.2) is 71.9 Å². The Balaban J connectivity index is 1.47. The van der Waals surface area contributed by atoms with Crippen LogP contribution in [0.4, 0.5) is 5.69 Å². The summed E-state index contributed by atoms with van der Waals surface area (Å²) in [5, 5.41) is 6.06. The van der Waals surface area contributed by atoms with Gasteiger partial charge in [-0.25, -0.2) is 0 Å². The number of nitroso groups, excluding NO2 is 1. The monoisotopic (exact) mass is 498 g/mol. The molecule has 37 heavy (non-hydrogen) atoms. The molecule has 0 aliphatic carbocycles. The van der Waals surface area contributed by atoms with Crippen LogP contribution in [0.25, 0.3) is 0 Å². The predicted molar refractivity (Wildman–Crippen MR) is 145 cm³/mol. The highest BCUT2D eigenvalue weighted by Gasteiger charge is 2.36. The zero-order valence-electron chi connectivity index (χ0n) is 21.4. The highest BCUT2D eigenvalue weighted by atomic mass is 16.3. The van der Waals surface area contributed by atoms with Gasteiger partial charge < -0.3 is 16.0 Å². The van der Waals surface area contributed by atoms with E-state index in [1.807, 2.05) is 56.3 Å². The zero-order chi connectivity index (χ0) is 26.4. The second-order valence-electron chi connectivity index (χ2n) is 9.79.